The number of nitrogens with one attached hydrogen (secondary N) is 2. The van der Waals surface area contributed by atoms with Gasteiger partial charge in [-0.25, -0.2) is 28.0 Å². The summed E-state index contributed by atoms with van der Waals surface area (Å²) in [6, 6.07) is 3.05. The number of aryl methyl sites for hydroxylation is 1. The molecule has 0 bridgehead atoms. The lowest BCUT2D eigenvalue weighted by atomic mass is 10.1. The number of carbonyl (C=O) groups excluding carboxylic acids is 3. The van der Waals surface area contributed by atoms with Gasteiger partial charge in [0.15, 0.2) is 0 Å². The molecule has 1 aliphatic rings. The topological polar surface area (TPSA) is 151 Å². The summed E-state index contributed by atoms with van der Waals surface area (Å²) in [6.45, 7) is 6.01. The van der Waals surface area contributed by atoms with E-state index in [1.54, 1.807) is 44.0 Å². The van der Waals surface area contributed by atoms with Gasteiger partial charge in [-0.1, -0.05) is 22.7 Å². The molecule has 1 fully saturated rings. The number of ether oxygens (including phenoxy) is 1. The van der Waals surface area contributed by atoms with Gasteiger partial charge in [-0.3, -0.25) is 10.1 Å². The van der Waals surface area contributed by atoms with Crippen molar-refractivity contribution in [3.05, 3.63) is 34.5 Å². The number of piperazine rings is 1. The van der Waals surface area contributed by atoms with Gasteiger partial charge in [-0.05, 0) is 32.9 Å². The van der Waals surface area contributed by atoms with Crippen LogP contribution < -0.4 is 10.6 Å². The molecule has 15 heteroatoms. The van der Waals surface area contributed by atoms with Crippen LogP contribution in [-0.2, 0) is 14.8 Å². The number of fused-ring (bicyclic) bond motifs is 1. The summed E-state index contributed by atoms with van der Waals surface area (Å²) in [7, 11) is -3.96. The highest BCUT2D eigenvalue weighted by Crippen LogP contribution is 2.36. The molecule has 0 radical (unpaired) electrons. The Morgan fingerprint density at radius 1 is 1.14 bits per heavy atom. The van der Waals surface area contributed by atoms with Crippen molar-refractivity contribution in [2.24, 2.45) is 0 Å². The Hall–Kier alpha value is -3.14. The Labute approximate surface area is 221 Å². The molecule has 3 aromatic heterocycles. The van der Waals surface area contributed by atoms with Crippen LogP contribution in [0.15, 0.2) is 22.7 Å². The van der Waals surface area contributed by atoms with Crippen molar-refractivity contribution in [2.45, 2.75) is 25.1 Å². The van der Waals surface area contributed by atoms with Crippen molar-refractivity contribution in [1.29, 1.82) is 0 Å². The minimum atomic E-state index is -3.96. The fraction of sp³-hybridized carbons (Fsp3) is 0.409. The molecule has 1 aliphatic heterocycles. The zero-order valence-electron chi connectivity index (χ0n) is 20.4. The molecule has 0 unspecified atom stereocenters. The number of anilines is 1. The summed E-state index contributed by atoms with van der Waals surface area (Å²) in [5, 5.41) is 6.37. The fourth-order valence-electron chi connectivity index (χ4n) is 3.81. The highest BCUT2D eigenvalue weighted by Gasteiger charge is 2.35. The van der Waals surface area contributed by atoms with Gasteiger partial charge in [0.25, 0.3) is 15.9 Å². The maximum absolute atomic E-state index is 13.5. The van der Waals surface area contributed by atoms with Gasteiger partial charge in [-0.15, -0.1) is 0 Å². The van der Waals surface area contributed by atoms with Gasteiger partial charge in [0.1, 0.15) is 14.7 Å². The number of pyridine rings is 1. The van der Waals surface area contributed by atoms with Gasteiger partial charge in [0.05, 0.1) is 17.9 Å². The third kappa shape index (κ3) is 5.44. The molecule has 3 aromatic rings. The zero-order valence-corrected chi connectivity index (χ0v) is 22.9. The third-order valence-electron chi connectivity index (χ3n) is 5.57. The quantitative estimate of drug-likeness (QED) is 0.414. The maximum atomic E-state index is 13.5. The maximum Gasteiger partial charge on any atom is 0.350 e. The molecule has 37 heavy (non-hydrogen) atoms. The van der Waals surface area contributed by atoms with Crippen molar-refractivity contribution in [1.82, 2.24) is 24.5 Å². The van der Waals surface area contributed by atoms with E-state index < -0.39 is 22.0 Å². The van der Waals surface area contributed by atoms with Gasteiger partial charge >= 0.3 is 12.0 Å². The van der Waals surface area contributed by atoms with E-state index in [0.29, 0.717) is 33.0 Å². The van der Waals surface area contributed by atoms with Gasteiger partial charge in [0, 0.05) is 44.3 Å². The van der Waals surface area contributed by atoms with Crippen molar-refractivity contribution in [3.63, 3.8) is 0 Å². The number of amides is 3. The van der Waals surface area contributed by atoms with E-state index in [4.69, 9.17) is 4.74 Å². The first-order valence-electron chi connectivity index (χ1n) is 11.5. The van der Waals surface area contributed by atoms with Crippen LogP contribution in [0, 0.1) is 6.92 Å². The van der Waals surface area contributed by atoms with Crippen molar-refractivity contribution in [3.8, 4) is 0 Å². The Balaban J connectivity index is 1.52. The van der Waals surface area contributed by atoms with Crippen LogP contribution in [0.1, 0.15) is 39.6 Å². The molecule has 0 saturated carbocycles. The highest BCUT2D eigenvalue weighted by molar-refractivity contribution is 7.91. The zero-order chi connectivity index (χ0) is 26.7. The van der Waals surface area contributed by atoms with Crippen LogP contribution >= 0.6 is 22.7 Å². The number of nitrogens with zero attached hydrogens (tertiary/aromatic N) is 4. The van der Waals surface area contributed by atoms with E-state index in [0.717, 1.165) is 11.3 Å². The first-order chi connectivity index (χ1) is 17.7. The second-order valence-corrected chi connectivity index (χ2v) is 12.1. The van der Waals surface area contributed by atoms with Crippen molar-refractivity contribution >= 4 is 65.8 Å². The number of thiophene rings is 1. The van der Waals surface area contributed by atoms with Crippen molar-refractivity contribution < 1.29 is 27.5 Å². The van der Waals surface area contributed by atoms with E-state index in [1.807, 2.05) is 0 Å². The normalized spacial score (nSPS) is 14.5. The van der Waals surface area contributed by atoms with Crippen LogP contribution in [0.25, 0.3) is 10.2 Å². The first kappa shape index (κ1) is 26.9. The smallest absolute Gasteiger partial charge is 0.350 e. The molecule has 4 rings (SSSR count). The molecule has 2 N–H and O–H groups in total. The molecule has 0 aromatic carbocycles. The van der Waals surface area contributed by atoms with Crippen molar-refractivity contribution in [2.75, 3.05) is 44.6 Å². The minimum Gasteiger partial charge on any atom is -0.462 e. The molecular formula is C22H26N6O6S3. The predicted octanol–water partition coefficient (Wildman–Crippen LogP) is 2.53. The second-order valence-electron chi connectivity index (χ2n) is 7.96. The standard InChI is InChI=1S/C22H26N6O6S3/c1-4-23-21(31)26-18-15(14-7-6-8-24-17(14)36-18)19(29)27-9-11-28(12-10-27)37(32,33)22-25-13(3)16(35-22)20(30)34-5-2/h6-8H,4-5,9-12H2,1-3H3,(H2,23,26,31). The SMILES string of the molecule is CCNC(=O)Nc1sc2ncccc2c1C(=O)N1CCN(S(=O)(=O)c2nc(C)c(C(=O)OCC)s2)CC1. The molecule has 0 aliphatic carbocycles. The molecule has 1 saturated heterocycles. The van der Waals surface area contributed by atoms with E-state index >= 15 is 0 Å². The Bertz CT molecular complexity index is 1440. The average Bonchev–Trinajstić information content (AvgIpc) is 3.44. The van der Waals surface area contributed by atoms with Gasteiger partial charge < -0.3 is 15.0 Å². The van der Waals surface area contributed by atoms with E-state index in [1.165, 1.54) is 15.6 Å². The van der Waals surface area contributed by atoms with Crippen LogP contribution in [0.3, 0.4) is 0 Å². The number of sulfonamides is 1. The minimum absolute atomic E-state index is 0.0564. The Kier molecular flexibility index (Phi) is 8.06. The molecule has 3 amide bonds. The van der Waals surface area contributed by atoms with E-state index in [9.17, 15) is 22.8 Å². The summed E-state index contributed by atoms with van der Waals surface area (Å²) >= 11 is 1.98. The number of rotatable bonds is 7. The van der Waals surface area contributed by atoms with Crippen LogP contribution in [0.4, 0.5) is 9.80 Å². The number of urea groups is 1. The number of thiazole rings is 1. The first-order valence-corrected chi connectivity index (χ1v) is 14.6. The van der Waals surface area contributed by atoms with E-state index in [2.05, 4.69) is 20.6 Å². The summed E-state index contributed by atoms with van der Waals surface area (Å²) in [5.41, 5.74) is 0.617. The summed E-state index contributed by atoms with van der Waals surface area (Å²) in [5.74, 6) is -0.929. The molecular weight excluding hydrogens is 540 g/mol. The largest absolute Gasteiger partial charge is 0.462 e. The van der Waals surface area contributed by atoms with Crippen LogP contribution in [-0.4, -0.2) is 84.8 Å². The number of hydrogen-bond donors (Lipinski definition) is 2. The van der Waals surface area contributed by atoms with E-state index in [-0.39, 0.29) is 47.9 Å². The van der Waals surface area contributed by atoms with Crippen LogP contribution in [0.5, 0.6) is 0 Å². The number of esters is 1. The number of carbonyl (C=O) groups is 3. The lowest BCUT2D eigenvalue weighted by Crippen LogP contribution is -2.50. The second kappa shape index (κ2) is 11.1. The Morgan fingerprint density at radius 2 is 1.86 bits per heavy atom. The van der Waals surface area contributed by atoms with Gasteiger partial charge in [0.2, 0.25) is 4.34 Å². The molecule has 198 valence electrons. The fourth-order valence-corrected chi connectivity index (χ4v) is 7.64. The summed E-state index contributed by atoms with van der Waals surface area (Å²) in [4.78, 5) is 48.5. The third-order valence-corrected chi connectivity index (χ3v) is 9.99. The summed E-state index contributed by atoms with van der Waals surface area (Å²) < 4.78 is 32.5. The molecule has 12 nitrogen and oxygen atoms in total. The molecule has 0 spiro atoms. The molecule has 4 heterocycles. The Morgan fingerprint density at radius 3 is 2.54 bits per heavy atom. The lowest BCUT2D eigenvalue weighted by Gasteiger charge is -2.33. The van der Waals surface area contributed by atoms with Gasteiger partial charge in [-0.2, -0.15) is 4.31 Å². The number of hydrogen-bond acceptors (Lipinski definition) is 10. The summed E-state index contributed by atoms with van der Waals surface area (Å²) in [6.07, 6.45) is 1.61. The molecule has 0 atom stereocenters. The average molecular weight is 567 g/mol. The highest BCUT2D eigenvalue weighted by atomic mass is 32.2. The van der Waals surface area contributed by atoms with Crippen LogP contribution in [0.2, 0.25) is 0 Å². The number of aromatic nitrogens is 2. The lowest BCUT2D eigenvalue weighted by molar-refractivity contribution is 0.0530. The predicted molar refractivity (Wildman–Crippen MR) is 140 cm³/mol. The monoisotopic (exact) mass is 566 g/mol.